The Bertz CT molecular complexity index is 493. The maximum Gasteiger partial charge on any atom is 0.224 e. The van der Waals surface area contributed by atoms with E-state index in [2.05, 4.69) is 24.1 Å². The van der Waals surface area contributed by atoms with Crippen molar-refractivity contribution in [3.8, 4) is 0 Å². The maximum atomic E-state index is 12.1. The van der Waals surface area contributed by atoms with E-state index in [4.69, 9.17) is 23.2 Å². The van der Waals surface area contributed by atoms with Crippen molar-refractivity contribution < 1.29 is 4.79 Å². The lowest BCUT2D eigenvalue weighted by Crippen LogP contribution is -2.28. The molecular formula is C14H19Cl2N3O. The number of hydrogen-bond donors (Lipinski definition) is 1. The van der Waals surface area contributed by atoms with Crippen LogP contribution in [0.3, 0.4) is 0 Å². The molecule has 1 aromatic rings. The first-order chi connectivity index (χ1) is 9.43. The Kier molecular flexibility index (Phi) is 4.76. The Morgan fingerprint density at radius 2 is 2.25 bits per heavy atom. The molecular weight excluding hydrogens is 297 g/mol. The first kappa shape index (κ1) is 15.4. The van der Waals surface area contributed by atoms with E-state index in [1.807, 2.05) is 10.8 Å². The quantitative estimate of drug-likeness (QED) is 0.820. The van der Waals surface area contributed by atoms with E-state index < -0.39 is 0 Å². The molecule has 1 heterocycles. The zero-order valence-corrected chi connectivity index (χ0v) is 13.2. The minimum atomic E-state index is -0.0660. The molecule has 1 aliphatic carbocycles. The standard InChI is InChI=1S/C14H19Cl2N3O/c1-14(2)10(8-11(15)16)12(14)13(20)18-4-3-6-19-7-5-17-9-19/h5,7-10,12H,3-4,6H2,1-2H3,(H,18,20). The predicted molar refractivity (Wildman–Crippen MR) is 80.4 cm³/mol. The van der Waals surface area contributed by atoms with Gasteiger partial charge < -0.3 is 9.88 Å². The minimum absolute atomic E-state index is 0.0387. The van der Waals surface area contributed by atoms with Gasteiger partial charge in [0.25, 0.3) is 0 Å². The van der Waals surface area contributed by atoms with E-state index in [0.29, 0.717) is 6.54 Å². The van der Waals surface area contributed by atoms with E-state index in [9.17, 15) is 4.79 Å². The largest absolute Gasteiger partial charge is 0.356 e. The summed E-state index contributed by atoms with van der Waals surface area (Å²) in [7, 11) is 0. The van der Waals surface area contributed by atoms with Crippen LogP contribution in [0.1, 0.15) is 20.3 Å². The number of allylic oxidation sites excluding steroid dienone is 1. The molecule has 4 nitrogen and oxygen atoms in total. The first-order valence-corrected chi connectivity index (χ1v) is 7.45. The molecule has 1 N–H and O–H groups in total. The van der Waals surface area contributed by atoms with Crippen LogP contribution >= 0.6 is 23.2 Å². The van der Waals surface area contributed by atoms with Crippen LogP contribution in [0.25, 0.3) is 0 Å². The average Bonchev–Trinajstić information content (AvgIpc) is 2.77. The Labute approximate surface area is 129 Å². The molecule has 0 saturated heterocycles. The normalized spacial score (nSPS) is 23.2. The molecule has 0 bridgehead atoms. The van der Waals surface area contributed by atoms with E-state index >= 15 is 0 Å². The Hall–Kier alpha value is -1.00. The molecule has 2 unspecified atom stereocenters. The average molecular weight is 316 g/mol. The van der Waals surface area contributed by atoms with Crippen molar-refractivity contribution in [2.75, 3.05) is 6.54 Å². The molecule has 0 aliphatic heterocycles. The van der Waals surface area contributed by atoms with Crippen LogP contribution in [0.4, 0.5) is 0 Å². The van der Waals surface area contributed by atoms with Gasteiger partial charge in [0, 0.05) is 25.5 Å². The van der Waals surface area contributed by atoms with Crippen molar-refractivity contribution in [3.05, 3.63) is 29.3 Å². The Morgan fingerprint density at radius 1 is 1.50 bits per heavy atom. The molecule has 0 aromatic carbocycles. The van der Waals surface area contributed by atoms with Gasteiger partial charge in [0.05, 0.1) is 12.2 Å². The van der Waals surface area contributed by atoms with Crippen LogP contribution in [-0.4, -0.2) is 22.0 Å². The molecule has 0 spiro atoms. The fourth-order valence-electron chi connectivity index (χ4n) is 2.63. The lowest BCUT2D eigenvalue weighted by atomic mass is 10.1. The van der Waals surface area contributed by atoms with Crippen molar-refractivity contribution >= 4 is 29.1 Å². The van der Waals surface area contributed by atoms with Gasteiger partial charge in [-0.15, -0.1) is 0 Å². The topological polar surface area (TPSA) is 46.9 Å². The summed E-state index contributed by atoms with van der Waals surface area (Å²) < 4.78 is 2.23. The number of nitrogens with one attached hydrogen (secondary N) is 1. The monoisotopic (exact) mass is 315 g/mol. The third-order valence-electron chi connectivity index (χ3n) is 3.95. The summed E-state index contributed by atoms with van der Waals surface area (Å²) in [6, 6.07) is 0. The van der Waals surface area contributed by atoms with Crippen LogP contribution in [0.2, 0.25) is 0 Å². The Morgan fingerprint density at radius 3 is 2.85 bits per heavy atom. The molecule has 20 heavy (non-hydrogen) atoms. The van der Waals surface area contributed by atoms with Gasteiger partial charge in [-0.2, -0.15) is 0 Å². The van der Waals surface area contributed by atoms with Gasteiger partial charge in [-0.25, -0.2) is 4.98 Å². The maximum absolute atomic E-state index is 12.1. The van der Waals surface area contributed by atoms with Crippen LogP contribution in [0, 0.1) is 17.3 Å². The molecule has 0 radical (unpaired) electrons. The van der Waals surface area contributed by atoms with Crippen molar-refractivity contribution in [2.24, 2.45) is 17.3 Å². The lowest BCUT2D eigenvalue weighted by molar-refractivity contribution is -0.123. The summed E-state index contributed by atoms with van der Waals surface area (Å²) in [4.78, 5) is 16.1. The summed E-state index contributed by atoms with van der Waals surface area (Å²) in [6.07, 6.45) is 8.08. The van der Waals surface area contributed by atoms with Crippen molar-refractivity contribution in [1.82, 2.24) is 14.9 Å². The summed E-state index contributed by atoms with van der Waals surface area (Å²) in [5, 5.41) is 2.98. The van der Waals surface area contributed by atoms with Gasteiger partial charge in [-0.05, 0) is 23.8 Å². The number of aryl methyl sites for hydroxylation is 1. The lowest BCUT2D eigenvalue weighted by Gasteiger charge is -2.06. The number of halogens is 2. The summed E-state index contributed by atoms with van der Waals surface area (Å²) >= 11 is 11.4. The molecule has 2 atom stereocenters. The molecule has 1 aliphatic rings. The first-order valence-electron chi connectivity index (χ1n) is 6.69. The summed E-state index contributed by atoms with van der Waals surface area (Å²) in [5.74, 6) is 0.167. The van der Waals surface area contributed by atoms with E-state index in [1.165, 1.54) is 0 Å². The van der Waals surface area contributed by atoms with E-state index in [1.54, 1.807) is 18.6 Å². The molecule has 6 heteroatoms. The highest BCUT2D eigenvalue weighted by Gasteiger charge is 2.60. The Balaban J connectivity index is 1.74. The highest BCUT2D eigenvalue weighted by Crippen LogP contribution is 2.59. The second-order valence-electron chi connectivity index (χ2n) is 5.73. The third kappa shape index (κ3) is 3.55. The highest BCUT2D eigenvalue weighted by molar-refractivity contribution is 6.55. The fourth-order valence-corrected chi connectivity index (χ4v) is 2.90. The smallest absolute Gasteiger partial charge is 0.224 e. The van der Waals surface area contributed by atoms with Crippen LogP contribution in [-0.2, 0) is 11.3 Å². The van der Waals surface area contributed by atoms with E-state index in [0.717, 1.165) is 13.0 Å². The number of carbonyl (C=O) groups is 1. The highest BCUT2D eigenvalue weighted by atomic mass is 35.5. The van der Waals surface area contributed by atoms with Gasteiger partial charge in [-0.1, -0.05) is 37.0 Å². The molecule has 1 aromatic heterocycles. The van der Waals surface area contributed by atoms with Gasteiger partial charge in [0.2, 0.25) is 5.91 Å². The second kappa shape index (κ2) is 6.19. The van der Waals surface area contributed by atoms with E-state index in [-0.39, 0.29) is 27.6 Å². The number of carbonyl (C=O) groups excluding carboxylic acids is 1. The third-order valence-corrected chi connectivity index (χ3v) is 4.20. The number of hydrogen-bond acceptors (Lipinski definition) is 2. The number of imidazole rings is 1. The fraction of sp³-hybridized carbons (Fsp3) is 0.571. The van der Waals surface area contributed by atoms with Gasteiger partial charge >= 0.3 is 0 Å². The van der Waals surface area contributed by atoms with Crippen LogP contribution in [0.5, 0.6) is 0 Å². The number of rotatable bonds is 6. The number of amides is 1. The molecule has 110 valence electrons. The minimum Gasteiger partial charge on any atom is -0.356 e. The van der Waals surface area contributed by atoms with Crippen molar-refractivity contribution in [2.45, 2.75) is 26.8 Å². The van der Waals surface area contributed by atoms with Gasteiger partial charge in [0.15, 0.2) is 0 Å². The van der Waals surface area contributed by atoms with Crippen molar-refractivity contribution in [3.63, 3.8) is 0 Å². The number of nitrogens with zero attached hydrogens (tertiary/aromatic N) is 2. The zero-order valence-electron chi connectivity index (χ0n) is 11.6. The van der Waals surface area contributed by atoms with Gasteiger partial charge in [-0.3, -0.25) is 4.79 Å². The SMILES string of the molecule is CC1(C)C(C=C(Cl)Cl)C1C(=O)NCCCn1ccnc1. The second-order valence-corrected chi connectivity index (χ2v) is 6.73. The number of aromatic nitrogens is 2. The zero-order chi connectivity index (χ0) is 14.8. The predicted octanol–water partition coefficient (Wildman–Crippen LogP) is 2.98. The summed E-state index contributed by atoms with van der Waals surface area (Å²) in [5.41, 5.74) is -0.0660. The molecule has 1 saturated carbocycles. The van der Waals surface area contributed by atoms with Gasteiger partial charge in [0.1, 0.15) is 4.49 Å². The summed E-state index contributed by atoms with van der Waals surface area (Å²) in [6.45, 7) is 5.63. The molecule has 1 amide bonds. The van der Waals surface area contributed by atoms with Crippen LogP contribution < -0.4 is 5.32 Å². The van der Waals surface area contributed by atoms with Crippen LogP contribution in [0.15, 0.2) is 29.3 Å². The molecule has 1 fully saturated rings. The van der Waals surface area contributed by atoms with Crippen molar-refractivity contribution in [1.29, 1.82) is 0 Å². The molecule has 2 rings (SSSR count).